The van der Waals surface area contributed by atoms with Crippen molar-refractivity contribution in [3.05, 3.63) is 65.2 Å². The third-order valence-corrected chi connectivity index (χ3v) is 7.19. The number of alkyl halides is 3. The molecule has 2 fully saturated rings. The van der Waals surface area contributed by atoms with E-state index in [4.69, 9.17) is 9.47 Å². The molecule has 3 amide bonds. The Kier molecular flexibility index (Phi) is 8.20. The number of nitrogens with one attached hydrogen (secondary N) is 1. The zero-order valence-electron chi connectivity index (χ0n) is 22.1. The van der Waals surface area contributed by atoms with Gasteiger partial charge in [-0.05, 0) is 42.0 Å². The van der Waals surface area contributed by atoms with Crippen LogP contribution < -0.4 is 10.1 Å². The summed E-state index contributed by atoms with van der Waals surface area (Å²) < 4.78 is 50.6. The van der Waals surface area contributed by atoms with Crippen LogP contribution in [-0.2, 0) is 27.0 Å². The Labute approximate surface area is 225 Å². The molecular weight excluding hydrogens is 515 g/mol. The molecular formula is C28H32F3N3O5. The van der Waals surface area contributed by atoms with Crippen LogP contribution in [0, 0.1) is 5.92 Å². The van der Waals surface area contributed by atoms with Gasteiger partial charge in [0.05, 0.1) is 19.3 Å². The number of piperidine rings is 1. The maximum Gasteiger partial charge on any atom is 0.416 e. The molecule has 210 valence electrons. The zero-order valence-corrected chi connectivity index (χ0v) is 22.1. The van der Waals surface area contributed by atoms with Crippen molar-refractivity contribution in [1.82, 2.24) is 15.1 Å². The van der Waals surface area contributed by atoms with Gasteiger partial charge < -0.3 is 19.7 Å². The molecule has 4 rings (SSSR count). The first-order chi connectivity index (χ1) is 18.4. The SMILES string of the molecule is COc1ccc(C(=O)N2C(C(=O)NCc3cccc(C(F)(F)F)c3)COC23CCN(C(=O)C(C)C)CC3)cc1. The van der Waals surface area contributed by atoms with Crippen LogP contribution in [0.15, 0.2) is 48.5 Å². The summed E-state index contributed by atoms with van der Waals surface area (Å²) in [7, 11) is 1.51. The molecule has 0 saturated carbocycles. The number of benzene rings is 2. The van der Waals surface area contributed by atoms with Gasteiger partial charge in [0.25, 0.3) is 5.91 Å². The maximum atomic E-state index is 13.8. The van der Waals surface area contributed by atoms with Gasteiger partial charge in [-0.1, -0.05) is 26.0 Å². The van der Waals surface area contributed by atoms with Gasteiger partial charge in [-0.2, -0.15) is 13.2 Å². The molecule has 1 unspecified atom stereocenters. The number of rotatable bonds is 6. The Bertz CT molecular complexity index is 1210. The quantitative estimate of drug-likeness (QED) is 0.594. The molecule has 1 atom stereocenters. The Hall–Kier alpha value is -3.60. The zero-order chi connectivity index (χ0) is 28.4. The first-order valence-corrected chi connectivity index (χ1v) is 12.8. The van der Waals surface area contributed by atoms with Crippen LogP contribution in [-0.4, -0.2) is 66.1 Å². The second kappa shape index (κ2) is 11.3. The molecule has 39 heavy (non-hydrogen) atoms. The number of nitrogens with zero attached hydrogens (tertiary/aromatic N) is 2. The smallest absolute Gasteiger partial charge is 0.416 e. The van der Waals surface area contributed by atoms with Crippen molar-refractivity contribution in [2.75, 3.05) is 26.8 Å². The van der Waals surface area contributed by atoms with Crippen molar-refractivity contribution in [1.29, 1.82) is 0 Å². The van der Waals surface area contributed by atoms with Crippen LogP contribution in [0.4, 0.5) is 13.2 Å². The Morgan fingerprint density at radius 2 is 1.77 bits per heavy atom. The highest BCUT2D eigenvalue weighted by Gasteiger charge is 2.54. The summed E-state index contributed by atoms with van der Waals surface area (Å²) in [6, 6.07) is 10.2. The lowest BCUT2D eigenvalue weighted by Gasteiger charge is -2.44. The minimum Gasteiger partial charge on any atom is -0.497 e. The summed E-state index contributed by atoms with van der Waals surface area (Å²) in [6.45, 7) is 4.15. The van der Waals surface area contributed by atoms with Gasteiger partial charge in [-0.3, -0.25) is 19.3 Å². The molecule has 2 saturated heterocycles. The van der Waals surface area contributed by atoms with Crippen LogP contribution in [0.1, 0.15) is 48.2 Å². The molecule has 11 heteroatoms. The molecule has 8 nitrogen and oxygen atoms in total. The fraction of sp³-hybridized carbons (Fsp3) is 0.464. The third-order valence-electron chi connectivity index (χ3n) is 7.19. The predicted octanol–water partition coefficient (Wildman–Crippen LogP) is 3.85. The van der Waals surface area contributed by atoms with E-state index in [-0.39, 0.29) is 30.5 Å². The number of halogens is 3. The second-order valence-corrected chi connectivity index (χ2v) is 10.1. The molecule has 2 heterocycles. The summed E-state index contributed by atoms with van der Waals surface area (Å²) in [5.74, 6) is -0.555. The van der Waals surface area contributed by atoms with Crippen molar-refractivity contribution in [3.8, 4) is 5.75 Å². The molecule has 0 aliphatic carbocycles. The van der Waals surface area contributed by atoms with Crippen molar-refractivity contribution in [3.63, 3.8) is 0 Å². The lowest BCUT2D eigenvalue weighted by molar-refractivity contribution is -0.146. The average molecular weight is 548 g/mol. The molecule has 2 aromatic carbocycles. The van der Waals surface area contributed by atoms with Crippen molar-refractivity contribution in [2.24, 2.45) is 5.92 Å². The number of methoxy groups -OCH3 is 1. The van der Waals surface area contributed by atoms with Crippen LogP contribution in [0.25, 0.3) is 0 Å². The standard InChI is InChI=1S/C28H32F3N3O5/c1-18(2)25(36)33-13-11-27(12-14-33)34(26(37)20-7-9-22(38-3)10-8-20)23(17-39-27)24(35)32-16-19-5-4-6-21(15-19)28(29,30)31/h4-10,15,18,23H,11-14,16-17H2,1-3H3,(H,32,35). The van der Waals surface area contributed by atoms with E-state index in [0.717, 1.165) is 12.1 Å². The molecule has 0 aromatic heterocycles. The van der Waals surface area contributed by atoms with Gasteiger partial charge >= 0.3 is 6.18 Å². The van der Waals surface area contributed by atoms with E-state index in [9.17, 15) is 27.6 Å². The van der Waals surface area contributed by atoms with Gasteiger partial charge in [0.2, 0.25) is 11.8 Å². The normalized spacial score (nSPS) is 18.9. The topological polar surface area (TPSA) is 88.2 Å². The summed E-state index contributed by atoms with van der Waals surface area (Å²) in [5, 5.41) is 2.67. The first kappa shape index (κ1) is 28.4. The summed E-state index contributed by atoms with van der Waals surface area (Å²) in [5.41, 5.74) is -1.29. The van der Waals surface area contributed by atoms with Crippen molar-refractivity contribution in [2.45, 2.75) is 51.2 Å². The number of amides is 3. The van der Waals surface area contributed by atoms with Crippen molar-refractivity contribution >= 4 is 17.7 Å². The average Bonchev–Trinajstić information content (AvgIpc) is 3.29. The number of carbonyl (C=O) groups is 3. The van der Waals surface area contributed by atoms with Crippen molar-refractivity contribution < 1.29 is 37.0 Å². The molecule has 2 aliphatic rings. The summed E-state index contributed by atoms with van der Waals surface area (Å²) in [6.07, 6.45) is -3.85. The lowest BCUT2D eigenvalue weighted by atomic mass is 9.95. The van der Waals surface area contributed by atoms with E-state index in [1.54, 1.807) is 29.2 Å². The molecule has 1 spiro atoms. The number of carbonyl (C=O) groups excluding carboxylic acids is 3. The van der Waals surface area contributed by atoms with Crippen LogP contribution in [0.5, 0.6) is 5.75 Å². The Morgan fingerprint density at radius 3 is 2.36 bits per heavy atom. The largest absolute Gasteiger partial charge is 0.497 e. The second-order valence-electron chi connectivity index (χ2n) is 10.1. The summed E-state index contributed by atoms with van der Waals surface area (Å²) >= 11 is 0. The molecule has 2 aliphatic heterocycles. The fourth-order valence-corrected chi connectivity index (χ4v) is 5.05. The highest BCUT2D eigenvalue weighted by Crippen LogP contribution is 2.39. The van der Waals surface area contributed by atoms with E-state index >= 15 is 0 Å². The highest BCUT2D eigenvalue weighted by molar-refractivity contribution is 5.98. The Morgan fingerprint density at radius 1 is 1.10 bits per heavy atom. The molecule has 0 bridgehead atoms. The van der Waals surface area contributed by atoms with E-state index in [1.165, 1.54) is 24.1 Å². The molecule has 1 N–H and O–H groups in total. The number of ether oxygens (including phenoxy) is 2. The van der Waals surface area contributed by atoms with Crippen LogP contribution in [0.3, 0.4) is 0 Å². The van der Waals surface area contributed by atoms with Gasteiger partial charge in [-0.15, -0.1) is 0 Å². The van der Waals surface area contributed by atoms with Gasteiger partial charge in [0, 0.05) is 44.0 Å². The lowest BCUT2D eigenvalue weighted by Crippen LogP contribution is -2.60. The maximum absolute atomic E-state index is 13.8. The van der Waals surface area contributed by atoms with E-state index in [2.05, 4.69) is 5.32 Å². The first-order valence-electron chi connectivity index (χ1n) is 12.8. The molecule has 0 radical (unpaired) electrons. The number of hydrogen-bond acceptors (Lipinski definition) is 5. The van der Waals surface area contributed by atoms with Gasteiger partial charge in [0.15, 0.2) is 0 Å². The van der Waals surface area contributed by atoms with Crippen LogP contribution in [0.2, 0.25) is 0 Å². The summed E-state index contributed by atoms with van der Waals surface area (Å²) in [4.78, 5) is 42.9. The van der Waals surface area contributed by atoms with E-state index in [1.807, 2.05) is 13.8 Å². The molecule has 2 aromatic rings. The van der Waals surface area contributed by atoms with Gasteiger partial charge in [0.1, 0.15) is 17.5 Å². The number of likely N-dealkylation sites (tertiary alicyclic amines) is 1. The van der Waals surface area contributed by atoms with E-state index in [0.29, 0.717) is 37.2 Å². The highest BCUT2D eigenvalue weighted by atomic mass is 19.4. The minimum absolute atomic E-state index is 0.00579. The van der Waals surface area contributed by atoms with E-state index < -0.39 is 35.3 Å². The third kappa shape index (κ3) is 6.03. The predicted molar refractivity (Wildman–Crippen MR) is 136 cm³/mol. The monoisotopic (exact) mass is 547 g/mol. The Balaban J connectivity index is 1.56. The number of hydrogen-bond donors (Lipinski definition) is 1. The minimum atomic E-state index is -4.50. The van der Waals surface area contributed by atoms with Crippen LogP contribution >= 0.6 is 0 Å². The van der Waals surface area contributed by atoms with Gasteiger partial charge in [-0.25, -0.2) is 0 Å². The fourth-order valence-electron chi connectivity index (χ4n) is 5.05.